The number of nitrogens with one attached hydrogen (secondary N) is 1. The summed E-state index contributed by atoms with van der Waals surface area (Å²) in [5.74, 6) is 2.03. The standard InChI is InChI=1S/C17H36N2S/c1-7-17(6,13-18-12-15(2)3)14-19-9-8-16(4,5)20-11-10-19/h15,18H,7-14H2,1-6H3. The predicted octanol–water partition coefficient (Wildman–Crippen LogP) is 3.87. The maximum atomic E-state index is 3.67. The van der Waals surface area contributed by atoms with Gasteiger partial charge < -0.3 is 10.2 Å². The van der Waals surface area contributed by atoms with E-state index in [1.165, 1.54) is 38.2 Å². The van der Waals surface area contributed by atoms with Gasteiger partial charge in [0.05, 0.1) is 0 Å². The van der Waals surface area contributed by atoms with E-state index in [-0.39, 0.29) is 0 Å². The quantitative estimate of drug-likeness (QED) is 0.768. The van der Waals surface area contributed by atoms with Crippen LogP contribution in [0, 0.1) is 11.3 Å². The van der Waals surface area contributed by atoms with Crippen LogP contribution in [0.3, 0.4) is 0 Å². The van der Waals surface area contributed by atoms with Gasteiger partial charge in [0.2, 0.25) is 0 Å². The minimum Gasteiger partial charge on any atom is -0.316 e. The molecule has 0 bridgehead atoms. The van der Waals surface area contributed by atoms with Crippen molar-refractivity contribution in [3.05, 3.63) is 0 Å². The molecule has 0 radical (unpaired) electrons. The Bertz CT molecular complexity index is 278. The van der Waals surface area contributed by atoms with Crippen molar-refractivity contribution in [2.45, 2.75) is 59.1 Å². The van der Waals surface area contributed by atoms with E-state index in [0.29, 0.717) is 10.2 Å². The van der Waals surface area contributed by atoms with Crippen LogP contribution in [0.4, 0.5) is 0 Å². The summed E-state index contributed by atoms with van der Waals surface area (Å²) in [7, 11) is 0. The molecule has 20 heavy (non-hydrogen) atoms. The van der Waals surface area contributed by atoms with Crippen molar-refractivity contribution in [1.82, 2.24) is 10.2 Å². The van der Waals surface area contributed by atoms with Gasteiger partial charge in [0.1, 0.15) is 0 Å². The summed E-state index contributed by atoms with van der Waals surface area (Å²) in [6.07, 6.45) is 2.57. The molecule has 0 saturated carbocycles. The lowest BCUT2D eigenvalue weighted by Gasteiger charge is -2.35. The van der Waals surface area contributed by atoms with Crippen LogP contribution in [-0.2, 0) is 0 Å². The Kier molecular flexibility index (Phi) is 7.37. The second-order valence-electron chi connectivity index (χ2n) is 7.82. The summed E-state index contributed by atoms with van der Waals surface area (Å²) in [6, 6.07) is 0. The molecule has 1 fully saturated rings. The third kappa shape index (κ3) is 6.82. The third-order valence-corrected chi connectivity index (χ3v) is 5.87. The van der Waals surface area contributed by atoms with Crippen LogP contribution in [0.2, 0.25) is 0 Å². The molecule has 120 valence electrons. The molecule has 0 aliphatic carbocycles. The average molecular weight is 301 g/mol. The van der Waals surface area contributed by atoms with E-state index < -0.39 is 0 Å². The highest BCUT2D eigenvalue weighted by Gasteiger charge is 2.29. The first-order chi connectivity index (χ1) is 9.26. The van der Waals surface area contributed by atoms with Crippen molar-refractivity contribution in [3.8, 4) is 0 Å². The maximum absolute atomic E-state index is 3.67. The van der Waals surface area contributed by atoms with Gasteiger partial charge in [-0.3, -0.25) is 0 Å². The number of nitrogens with zero attached hydrogens (tertiary/aromatic N) is 1. The monoisotopic (exact) mass is 300 g/mol. The van der Waals surface area contributed by atoms with Crippen LogP contribution in [0.15, 0.2) is 0 Å². The SMILES string of the molecule is CCC(C)(CNCC(C)C)CN1CCSC(C)(C)CC1. The lowest BCUT2D eigenvalue weighted by atomic mass is 9.86. The largest absolute Gasteiger partial charge is 0.316 e. The smallest absolute Gasteiger partial charge is 0.0116 e. The second-order valence-corrected chi connectivity index (χ2v) is 9.63. The summed E-state index contributed by atoms with van der Waals surface area (Å²) < 4.78 is 0.466. The lowest BCUT2D eigenvalue weighted by molar-refractivity contribution is 0.159. The van der Waals surface area contributed by atoms with Gasteiger partial charge in [0.25, 0.3) is 0 Å². The molecule has 1 unspecified atom stereocenters. The highest BCUT2D eigenvalue weighted by Crippen LogP contribution is 2.32. The summed E-state index contributed by atoms with van der Waals surface area (Å²) in [4.78, 5) is 2.70. The molecule has 1 rings (SSSR count). The summed E-state index contributed by atoms with van der Waals surface area (Å²) in [5, 5.41) is 3.67. The lowest BCUT2D eigenvalue weighted by Crippen LogP contribution is -2.43. The van der Waals surface area contributed by atoms with Gasteiger partial charge in [-0.15, -0.1) is 0 Å². The molecule has 0 aromatic carbocycles. The summed E-state index contributed by atoms with van der Waals surface area (Å²) in [6.45, 7) is 20.2. The van der Waals surface area contributed by atoms with Crippen molar-refractivity contribution in [1.29, 1.82) is 0 Å². The van der Waals surface area contributed by atoms with Crippen molar-refractivity contribution >= 4 is 11.8 Å². The highest BCUT2D eigenvalue weighted by atomic mass is 32.2. The van der Waals surface area contributed by atoms with Crippen molar-refractivity contribution in [2.24, 2.45) is 11.3 Å². The molecule has 2 nitrogen and oxygen atoms in total. The van der Waals surface area contributed by atoms with E-state index in [1.54, 1.807) is 0 Å². The van der Waals surface area contributed by atoms with Gasteiger partial charge in [-0.1, -0.05) is 41.5 Å². The van der Waals surface area contributed by atoms with Gasteiger partial charge >= 0.3 is 0 Å². The molecule has 0 aromatic heterocycles. The van der Waals surface area contributed by atoms with E-state index in [4.69, 9.17) is 0 Å². The van der Waals surface area contributed by atoms with Crippen LogP contribution in [0.1, 0.15) is 54.4 Å². The number of hydrogen-bond acceptors (Lipinski definition) is 3. The minimum atomic E-state index is 0.411. The molecular formula is C17H36N2S. The number of thioether (sulfide) groups is 1. The Balaban J connectivity index is 2.45. The van der Waals surface area contributed by atoms with Crippen molar-refractivity contribution < 1.29 is 0 Å². The van der Waals surface area contributed by atoms with Crippen LogP contribution in [-0.4, -0.2) is 48.1 Å². The zero-order valence-corrected chi connectivity index (χ0v) is 15.4. The molecule has 1 atom stereocenters. The maximum Gasteiger partial charge on any atom is 0.0116 e. The van der Waals surface area contributed by atoms with Gasteiger partial charge in [-0.05, 0) is 37.3 Å². The summed E-state index contributed by atoms with van der Waals surface area (Å²) in [5.41, 5.74) is 0.411. The first-order valence-electron chi connectivity index (χ1n) is 8.33. The Morgan fingerprint density at radius 2 is 2.00 bits per heavy atom. The first-order valence-corrected chi connectivity index (χ1v) is 9.32. The van der Waals surface area contributed by atoms with Gasteiger partial charge in [-0.2, -0.15) is 11.8 Å². The predicted molar refractivity (Wildman–Crippen MR) is 93.7 cm³/mol. The van der Waals surface area contributed by atoms with Gasteiger partial charge in [0, 0.05) is 30.1 Å². The highest BCUT2D eigenvalue weighted by molar-refractivity contribution is 8.00. The Morgan fingerprint density at radius 1 is 1.30 bits per heavy atom. The molecule has 1 saturated heterocycles. The van der Waals surface area contributed by atoms with E-state index in [1.807, 2.05) is 0 Å². The first kappa shape index (κ1) is 18.3. The molecule has 0 spiro atoms. The minimum absolute atomic E-state index is 0.411. The van der Waals surface area contributed by atoms with Crippen LogP contribution in [0.25, 0.3) is 0 Å². The van der Waals surface area contributed by atoms with E-state index in [9.17, 15) is 0 Å². The fourth-order valence-corrected chi connectivity index (χ4v) is 3.85. The number of rotatable bonds is 7. The van der Waals surface area contributed by atoms with Crippen LogP contribution in [0.5, 0.6) is 0 Å². The fourth-order valence-electron chi connectivity index (χ4n) is 2.72. The van der Waals surface area contributed by atoms with E-state index in [2.05, 4.69) is 63.5 Å². The van der Waals surface area contributed by atoms with E-state index >= 15 is 0 Å². The molecule has 1 aliphatic heterocycles. The number of hydrogen-bond donors (Lipinski definition) is 1. The Morgan fingerprint density at radius 3 is 2.60 bits per heavy atom. The zero-order valence-electron chi connectivity index (χ0n) is 14.6. The summed E-state index contributed by atoms with van der Waals surface area (Å²) >= 11 is 2.14. The normalized spacial score (nSPS) is 23.6. The molecule has 3 heteroatoms. The molecule has 1 N–H and O–H groups in total. The topological polar surface area (TPSA) is 15.3 Å². The molecule has 0 amide bonds. The van der Waals surface area contributed by atoms with Crippen LogP contribution < -0.4 is 5.32 Å². The van der Waals surface area contributed by atoms with Crippen molar-refractivity contribution in [3.63, 3.8) is 0 Å². The molecular weight excluding hydrogens is 264 g/mol. The average Bonchev–Trinajstić information content (AvgIpc) is 2.50. The Hall–Kier alpha value is 0.270. The zero-order chi connectivity index (χ0) is 15.2. The van der Waals surface area contributed by atoms with Crippen LogP contribution >= 0.6 is 11.8 Å². The molecule has 1 heterocycles. The van der Waals surface area contributed by atoms with Crippen molar-refractivity contribution in [2.75, 3.05) is 38.5 Å². The third-order valence-electron chi connectivity index (χ3n) is 4.49. The second kappa shape index (κ2) is 8.05. The molecule has 0 aromatic rings. The molecule has 1 aliphatic rings. The van der Waals surface area contributed by atoms with E-state index in [0.717, 1.165) is 19.0 Å². The fraction of sp³-hybridized carbons (Fsp3) is 1.00. The Labute approximate surface area is 131 Å². The van der Waals surface area contributed by atoms with Gasteiger partial charge in [0.15, 0.2) is 0 Å². The van der Waals surface area contributed by atoms with Gasteiger partial charge in [-0.25, -0.2) is 0 Å².